The van der Waals surface area contributed by atoms with Crippen LogP contribution in [0.3, 0.4) is 0 Å². The highest BCUT2D eigenvalue weighted by Gasteiger charge is 2.30. The van der Waals surface area contributed by atoms with Gasteiger partial charge in [-0.2, -0.15) is 0 Å². The molecule has 0 aliphatic heterocycles. The van der Waals surface area contributed by atoms with Gasteiger partial charge in [0, 0.05) is 18.9 Å². The van der Waals surface area contributed by atoms with Crippen LogP contribution >= 0.6 is 0 Å². The fraction of sp³-hybridized carbons (Fsp3) is 0.750. The average Bonchev–Trinajstić information content (AvgIpc) is 2.61. The second-order valence-corrected chi connectivity index (χ2v) is 4.30. The first-order valence-corrected chi connectivity index (χ1v) is 6.11. The van der Waals surface area contributed by atoms with Crippen molar-refractivity contribution < 1.29 is 0 Å². The topological polar surface area (TPSA) is 29.9 Å². The van der Waals surface area contributed by atoms with Gasteiger partial charge in [0.25, 0.3) is 0 Å². The molecule has 1 heterocycles. The minimum absolute atomic E-state index is 0.471. The fourth-order valence-electron chi connectivity index (χ4n) is 2.33. The Labute approximate surface area is 91.9 Å². The first kappa shape index (κ1) is 10.7. The molecule has 0 bridgehead atoms. The first-order chi connectivity index (χ1) is 7.36. The second-order valence-electron chi connectivity index (χ2n) is 4.30. The van der Waals surface area contributed by atoms with E-state index in [0.29, 0.717) is 6.04 Å². The van der Waals surface area contributed by atoms with Gasteiger partial charge in [0.15, 0.2) is 0 Å². The normalized spacial score (nSPS) is 18.8. The highest BCUT2D eigenvalue weighted by atomic mass is 15.1. The van der Waals surface area contributed by atoms with Crippen LogP contribution in [0.2, 0.25) is 0 Å². The molecule has 1 fully saturated rings. The van der Waals surface area contributed by atoms with E-state index in [9.17, 15) is 0 Å². The zero-order valence-corrected chi connectivity index (χ0v) is 9.74. The molecule has 0 amide bonds. The van der Waals surface area contributed by atoms with Gasteiger partial charge >= 0.3 is 0 Å². The number of rotatable bonds is 5. The van der Waals surface area contributed by atoms with Crippen LogP contribution in [-0.4, -0.2) is 16.1 Å². The molecule has 1 atom stereocenters. The molecule has 1 aromatic rings. The third-order valence-electron chi connectivity index (χ3n) is 3.41. The van der Waals surface area contributed by atoms with E-state index in [1.807, 2.05) is 6.20 Å². The van der Waals surface area contributed by atoms with Crippen molar-refractivity contribution >= 4 is 0 Å². The van der Waals surface area contributed by atoms with Gasteiger partial charge in [-0.1, -0.05) is 13.3 Å². The van der Waals surface area contributed by atoms with Crippen LogP contribution in [-0.2, 0) is 6.54 Å². The van der Waals surface area contributed by atoms with Crippen molar-refractivity contribution in [2.45, 2.75) is 45.7 Å². The van der Waals surface area contributed by atoms with E-state index in [1.54, 1.807) is 0 Å². The lowest BCUT2D eigenvalue weighted by molar-refractivity contribution is 0.222. The summed E-state index contributed by atoms with van der Waals surface area (Å²) < 4.78 is 2.26. The molecule has 1 aromatic heterocycles. The number of nitrogens with one attached hydrogen (secondary N) is 1. The number of hydrogen-bond donors (Lipinski definition) is 1. The van der Waals surface area contributed by atoms with E-state index in [2.05, 4.69) is 34.9 Å². The third kappa shape index (κ3) is 2.07. The van der Waals surface area contributed by atoms with Gasteiger partial charge in [0.05, 0.1) is 6.04 Å². The first-order valence-electron chi connectivity index (χ1n) is 6.11. The van der Waals surface area contributed by atoms with E-state index in [-0.39, 0.29) is 0 Å². The number of aromatic nitrogens is 2. The molecule has 1 saturated carbocycles. The molecular formula is C12H21N3. The van der Waals surface area contributed by atoms with E-state index >= 15 is 0 Å². The van der Waals surface area contributed by atoms with Crippen LogP contribution in [0, 0.1) is 5.92 Å². The molecule has 2 rings (SSSR count). The van der Waals surface area contributed by atoms with Crippen LogP contribution in [0.25, 0.3) is 0 Å². The smallest absolute Gasteiger partial charge is 0.126 e. The second kappa shape index (κ2) is 4.79. The lowest BCUT2D eigenvalue weighted by atomic mass is 9.79. The highest BCUT2D eigenvalue weighted by Crippen LogP contribution is 2.36. The summed E-state index contributed by atoms with van der Waals surface area (Å²) in [5.74, 6) is 2.03. The quantitative estimate of drug-likeness (QED) is 0.803. The van der Waals surface area contributed by atoms with Crippen molar-refractivity contribution in [1.29, 1.82) is 0 Å². The minimum atomic E-state index is 0.471. The predicted molar refractivity (Wildman–Crippen MR) is 61.7 cm³/mol. The maximum atomic E-state index is 4.51. The molecular weight excluding hydrogens is 186 g/mol. The maximum Gasteiger partial charge on any atom is 0.126 e. The van der Waals surface area contributed by atoms with Crippen molar-refractivity contribution in [3.8, 4) is 0 Å². The van der Waals surface area contributed by atoms with Crippen LogP contribution in [0.1, 0.15) is 45.0 Å². The number of nitrogens with zero attached hydrogens (tertiary/aromatic N) is 2. The number of imidazole rings is 1. The van der Waals surface area contributed by atoms with Crippen molar-refractivity contribution in [3.63, 3.8) is 0 Å². The zero-order chi connectivity index (χ0) is 10.7. The number of hydrogen-bond acceptors (Lipinski definition) is 2. The van der Waals surface area contributed by atoms with Crippen molar-refractivity contribution in [3.05, 3.63) is 18.2 Å². The Morgan fingerprint density at radius 2 is 2.33 bits per heavy atom. The molecule has 15 heavy (non-hydrogen) atoms. The molecule has 0 spiro atoms. The molecule has 0 aromatic carbocycles. The standard InChI is InChI=1S/C12H21N3/c1-3-13-11(10-6-5-7-10)12-14-8-9-15(12)4-2/h8-11,13H,3-7H2,1-2H3. The monoisotopic (exact) mass is 207 g/mol. The molecule has 0 radical (unpaired) electrons. The van der Waals surface area contributed by atoms with Crippen molar-refractivity contribution in [2.24, 2.45) is 5.92 Å². The highest BCUT2D eigenvalue weighted by molar-refractivity contribution is 5.03. The largest absolute Gasteiger partial charge is 0.334 e. The van der Waals surface area contributed by atoms with E-state index in [4.69, 9.17) is 0 Å². The maximum absolute atomic E-state index is 4.51. The van der Waals surface area contributed by atoms with Crippen LogP contribution in [0.15, 0.2) is 12.4 Å². The summed E-state index contributed by atoms with van der Waals surface area (Å²) in [6.45, 7) is 6.39. The summed E-state index contributed by atoms with van der Waals surface area (Å²) in [6, 6.07) is 0.471. The van der Waals surface area contributed by atoms with Crippen LogP contribution < -0.4 is 5.32 Å². The third-order valence-corrected chi connectivity index (χ3v) is 3.41. The molecule has 1 unspecified atom stereocenters. The molecule has 3 heteroatoms. The van der Waals surface area contributed by atoms with Crippen molar-refractivity contribution in [1.82, 2.24) is 14.9 Å². The van der Waals surface area contributed by atoms with E-state index < -0.39 is 0 Å². The number of aryl methyl sites for hydroxylation is 1. The minimum Gasteiger partial charge on any atom is -0.334 e. The zero-order valence-electron chi connectivity index (χ0n) is 9.74. The summed E-state index contributed by atoms with van der Waals surface area (Å²) >= 11 is 0. The van der Waals surface area contributed by atoms with Gasteiger partial charge in [-0.15, -0.1) is 0 Å². The molecule has 1 aliphatic rings. The summed E-state index contributed by atoms with van der Waals surface area (Å²) in [4.78, 5) is 4.51. The lowest BCUT2D eigenvalue weighted by Gasteiger charge is -2.34. The van der Waals surface area contributed by atoms with E-state index in [1.165, 1.54) is 25.1 Å². The van der Waals surface area contributed by atoms with Gasteiger partial charge in [-0.3, -0.25) is 0 Å². The summed E-state index contributed by atoms with van der Waals surface area (Å²) in [5, 5.41) is 3.58. The lowest BCUT2D eigenvalue weighted by Crippen LogP contribution is -2.34. The average molecular weight is 207 g/mol. The van der Waals surface area contributed by atoms with Gasteiger partial charge in [0.1, 0.15) is 5.82 Å². The Hall–Kier alpha value is -0.830. The molecule has 0 saturated heterocycles. The Morgan fingerprint density at radius 1 is 1.53 bits per heavy atom. The molecule has 1 N–H and O–H groups in total. The van der Waals surface area contributed by atoms with Crippen molar-refractivity contribution in [2.75, 3.05) is 6.54 Å². The predicted octanol–water partition coefficient (Wildman–Crippen LogP) is 2.35. The molecule has 3 nitrogen and oxygen atoms in total. The van der Waals surface area contributed by atoms with Crippen LogP contribution in [0.4, 0.5) is 0 Å². The molecule has 1 aliphatic carbocycles. The fourth-order valence-corrected chi connectivity index (χ4v) is 2.33. The molecule has 84 valence electrons. The van der Waals surface area contributed by atoms with Crippen LogP contribution in [0.5, 0.6) is 0 Å². The Morgan fingerprint density at radius 3 is 2.87 bits per heavy atom. The summed E-state index contributed by atoms with van der Waals surface area (Å²) in [5.41, 5.74) is 0. The summed E-state index contributed by atoms with van der Waals surface area (Å²) in [6.07, 6.45) is 8.10. The van der Waals surface area contributed by atoms with Gasteiger partial charge in [0.2, 0.25) is 0 Å². The summed E-state index contributed by atoms with van der Waals surface area (Å²) in [7, 11) is 0. The Balaban J connectivity index is 2.15. The Kier molecular flexibility index (Phi) is 3.41. The SMILES string of the molecule is CCNC(c1nccn1CC)C1CCC1. The van der Waals surface area contributed by atoms with Gasteiger partial charge < -0.3 is 9.88 Å². The van der Waals surface area contributed by atoms with E-state index in [0.717, 1.165) is 19.0 Å². The Bertz CT molecular complexity index is 302. The van der Waals surface area contributed by atoms with Gasteiger partial charge in [-0.25, -0.2) is 4.98 Å². The van der Waals surface area contributed by atoms with Gasteiger partial charge in [-0.05, 0) is 32.2 Å².